The predicted octanol–water partition coefficient (Wildman–Crippen LogP) is 3.26. The van der Waals surface area contributed by atoms with Crippen LogP contribution in [0.2, 0.25) is 5.15 Å². The van der Waals surface area contributed by atoms with Gasteiger partial charge in [0, 0.05) is 31.2 Å². The van der Waals surface area contributed by atoms with Gasteiger partial charge in [-0.1, -0.05) is 17.7 Å². The summed E-state index contributed by atoms with van der Waals surface area (Å²) in [5, 5.41) is 6.84. The van der Waals surface area contributed by atoms with Crippen LogP contribution in [0.4, 0.5) is 23.7 Å². The monoisotopic (exact) mass is 549 g/mol. The van der Waals surface area contributed by atoms with Crippen LogP contribution in [0, 0.1) is 0 Å². The molecule has 0 spiro atoms. The Morgan fingerprint density at radius 1 is 1.08 bits per heavy atom. The number of amides is 2. The molecule has 198 valence electrons. The molecule has 0 unspecified atom stereocenters. The number of carbonyl (C=O) groups excluding carboxylic acids is 2. The number of halogens is 4. The van der Waals surface area contributed by atoms with Gasteiger partial charge in [0.05, 0.1) is 23.1 Å². The van der Waals surface area contributed by atoms with E-state index < -0.39 is 30.1 Å². The number of ether oxygens (including phenoxy) is 1. The molecule has 0 saturated heterocycles. The van der Waals surface area contributed by atoms with Crippen molar-refractivity contribution in [2.45, 2.75) is 19.2 Å². The standard InChI is InChI=1S/C22H19ClF3N9O3/c1-11(14-4-3-7-27-17(14)23)38-21(37)32-18-16(33-34-35(18)2)15-6-5-13(10-28-15)31-19(36)12-8-29-20(30-9-12)22(24,25)26/h3-11,33-34H,1-2H3,(H,31,36)(H,32,37)/t11-/m1/s1. The second-order valence-electron chi connectivity index (χ2n) is 7.75. The van der Waals surface area contributed by atoms with Crippen LogP contribution in [0.25, 0.3) is 5.70 Å². The smallest absolute Gasteiger partial charge is 0.441 e. The summed E-state index contributed by atoms with van der Waals surface area (Å²) in [4.78, 5) is 39.4. The Balaban J connectivity index is 1.43. The van der Waals surface area contributed by atoms with Crippen molar-refractivity contribution in [3.63, 3.8) is 0 Å². The highest BCUT2D eigenvalue weighted by molar-refractivity contribution is 6.30. The number of carbonyl (C=O) groups is 2. The van der Waals surface area contributed by atoms with Gasteiger partial charge in [0.25, 0.3) is 5.91 Å². The number of anilines is 1. The van der Waals surface area contributed by atoms with Crippen molar-refractivity contribution in [2.75, 3.05) is 12.4 Å². The van der Waals surface area contributed by atoms with Crippen LogP contribution in [0.15, 0.2) is 54.9 Å². The first kappa shape index (κ1) is 26.6. The highest BCUT2D eigenvalue weighted by atomic mass is 35.5. The van der Waals surface area contributed by atoms with E-state index in [9.17, 15) is 22.8 Å². The van der Waals surface area contributed by atoms with Crippen molar-refractivity contribution in [1.82, 2.24) is 41.2 Å². The summed E-state index contributed by atoms with van der Waals surface area (Å²) in [7, 11) is 1.64. The molecule has 1 aliphatic rings. The van der Waals surface area contributed by atoms with E-state index in [0.29, 0.717) is 22.8 Å². The molecule has 3 aromatic rings. The summed E-state index contributed by atoms with van der Waals surface area (Å²) >= 11 is 6.06. The van der Waals surface area contributed by atoms with Crippen LogP contribution < -0.4 is 21.6 Å². The van der Waals surface area contributed by atoms with Crippen LogP contribution >= 0.6 is 11.6 Å². The quantitative estimate of drug-likeness (QED) is 0.338. The lowest BCUT2D eigenvalue weighted by Crippen LogP contribution is -2.39. The molecule has 0 radical (unpaired) electrons. The van der Waals surface area contributed by atoms with E-state index >= 15 is 0 Å². The zero-order chi connectivity index (χ0) is 27.4. The molecule has 3 aromatic heterocycles. The Labute approximate surface area is 218 Å². The zero-order valence-corrected chi connectivity index (χ0v) is 20.4. The van der Waals surface area contributed by atoms with E-state index in [1.165, 1.54) is 23.5 Å². The van der Waals surface area contributed by atoms with Gasteiger partial charge in [0.15, 0.2) is 5.82 Å². The number of hydrogen-bond donors (Lipinski definition) is 4. The summed E-state index contributed by atoms with van der Waals surface area (Å²) in [6.07, 6.45) is -1.74. The van der Waals surface area contributed by atoms with Crippen LogP contribution in [0.5, 0.6) is 0 Å². The van der Waals surface area contributed by atoms with E-state index in [2.05, 4.69) is 41.5 Å². The predicted molar refractivity (Wildman–Crippen MR) is 127 cm³/mol. The third-order valence-electron chi connectivity index (χ3n) is 5.10. The minimum Gasteiger partial charge on any atom is -0.441 e. The van der Waals surface area contributed by atoms with Gasteiger partial charge >= 0.3 is 12.3 Å². The molecular formula is C22H19ClF3N9O3. The Kier molecular flexibility index (Phi) is 7.59. The van der Waals surface area contributed by atoms with Gasteiger partial charge in [0.1, 0.15) is 17.0 Å². The maximum atomic E-state index is 12.6. The van der Waals surface area contributed by atoms with Crippen molar-refractivity contribution >= 4 is 35.0 Å². The number of rotatable bonds is 6. The van der Waals surface area contributed by atoms with E-state index in [-0.39, 0.29) is 16.4 Å². The minimum absolute atomic E-state index is 0.167. The van der Waals surface area contributed by atoms with Crippen LogP contribution in [0.1, 0.15) is 40.5 Å². The normalized spacial score (nSPS) is 14.1. The highest BCUT2D eigenvalue weighted by Crippen LogP contribution is 2.26. The van der Waals surface area contributed by atoms with Gasteiger partial charge in [0.2, 0.25) is 5.82 Å². The van der Waals surface area contributed by atoms with Crippen molar-refractivity contribution in [1.29, 1.82) is 0 Å². The van der Waals surface area contributed by atoms with Gasteiger partial charge in [-0.3, -0.25) is 25.5 Å². The fourth-order valence-electron chi connectivity index (χ4n) is 3.22. The van der Waals surface area contributed by atoms with Crippen molar-refractivity contribution in [2.24, 2.45) is 0 Å². The van der Waals surface area contributed by atoms with Crippen LogP contribution in [0.3, 0.4) is 0 Å². The Morgan fingerprint density at radius 2 is 1.82 bits per heavy atom. The lowest BCUT2D eigenvalue weighted by molar-refractivity contribution is -0.145. The summed E-state index contributed by atoms with van der Waals surface area (Å²) < 4.78 is 43.2. The topological polar surface area (TPSA) is 146 Å². The first-order chi connectivity index (χ1) is 18.0. The van der Waals surface area contributed by atoms with E-state index in [4.69, 9.17) is 16.3 Å². The lowest BCUT2D eigenvalue weighted by Gasteiger charge is -2.18. The van der Waals surface area contributed by atoms with Crippen LogP contribution in [-0.4, -0.2) is 44.0 Å². The highest BCUT2D eigenvalue weighted by Gasteiger charge is 2.34. The van der Waals surface area contributed by atoms with E-state index in [1.54, 1.807) is 32.2 Å². The third kappa shape index (κ3) is 6.07. The van der Waals surface area contributed by atoms with Crippen LogP contribution in [-0.2, 0) is 10.9 Å². The molecule has 0 aliphatic carbocycles. The maximum Gasteiger partial charge on any atom is 0.451 e. The minimum atomic E-state index is -4.71. The van der Waals surface area contributed by atoms with Crippen molar-refractivity contribution in [3.05, 3.63) is 82.7 Å². The average Bonchev–Trinajstić information content (AvgIpc) is 3.23. The van der Waals surface area contributed by atoms with Crippen molar-refractivity contribution < 1.29 is 27.5 Å². The number of alkyl halides is 3. The maximum absolute atomic E-state index is 12.6. The number of alkyl carbamates (subject to hydrolysis) is 1. The number of pyridine rings is 2. The first-order valence-electron chi connectivity index (χ1n) is 10.8. The summed E-state index contributed by atoms with van der Waals surface area (Å²) in [6.45, 7) is 1.65. The summed E-state index contributed by atoms with van der Waals surface area (Å²) in [5.41, 5.74) is 7.09. The van der Waals surface area contributed by atoms with E-state index in [1.807, 2.05) is 0 Å². The van der Waals surface area contributed by atoms with Gasteiger partial charge in [-0.15, -0.1) is 5.53 Å². The molecule has 4 heterocycles. The van der Waals surface area contributed by atoms with Crippen molar-refractivity contribution in [3.8, 4) is 0 Å². The molecule has 16 heteroatoms. The average molecular weight is 550 g/mol. The first-order valence-corrected chi connectivity index (χ1v) is 11.2. The Hall–Kier alpha value is -4.50. The van der Waals surface area contributed by atoms with E-state index in [0.717, 1.165) is 12.4 Å². The number of hydrogen-bond acceptors (Lipinski definition) is 10. The molecule has 2 amide bonds. The van der Waals surface area contributed by atoms with Gasteiger partial charge in [-0.2, -0.15) is 13.2 Å². The molecule has 0 bridgehead atoms. The SMILES string of the molecule is C[C@@H](OC(=O)NC1=C(c2ccc(NC(=O)c3cnc(C(F)(F)F)nc3)cn2)NNN1C)c1cccnc1Cl. The second-order valence-corrected chi connectivity index (χ2v) is 8.11. The fourth-order valence-corrected chi connectivity index (χ4v) is 3.49. The molecule has 4 rings (SSSR count). The van der Waals surface area contributed by atoms with Gasteiger partial charge in [-0.25, -0.2) is 19.7 Å². The molecule has 0 fully saturated rings. The molecule has 0 aromatic carbocycles. The molecule has 38 heavy (non-hydrogen) atoms. The Bertz CT molecular complexity index is 1370. The lowest BCUT2D eigenvalue weighted by atomic mass is 10.2. The largest absolute Gasteiger partial charge is 0.451 e. The third-order valence-corrected chi connectivity index (χ3v) is 5.41. The number of nitrogens with one attached hydrogen (secondary N) is 4. The summed E-state index contributed by atoms with van der Waals surface area (Å²) in [6, 6.07) is 6.43. The molecular weight excluding hydrogens is 531 g/mol. The Morgan fingerprint density at radius 3 is 2.45 bits per heavy atom. The van der Waals surface area contributed by atoms with Gasteiger partial charge in [-0.05, 0) is 25.1 Å². The molecule has 12 nitrogen and oxygen atoms in total. The number of hydrazine groups is 2. The molecule has 1 atom stereocenters. The number of aromatic nitrogens is 4. The molecule has 4 N–H and O–H groups in total. The van der Waals surface area contributed by atoms with Gasteiger partial charge < -0.3 is 10.1 Å². The zero-order valence-electron chi connectivity index (χ0n) is 19.7. The molecule has 1 aliphatic heterocycles. The number of nitrogens with zero attached hydrogens (tertiary/aromatic N) is 5. The fraction of sp³-hybridized carbons (Fsp3) is 0.182. The summed E-state index contributed by atoms with van der Waals surface area (Å²) in [5.74, 6) is -1.77. The molecule has 0 saturated carbocycles. The second kappa shape index (κ2) is 10.9.